The average Bonchev–Trinajstić information content (AvgIpc) is 2.81. The maximum atomic E-state index is 12.3. The fourth-order valence-electron chi connectivity index (χ4n) is 2.88. The molecule has 3 aromatic carbocycles. The van der Waals surface area contributed by atoms with Crippen LogP contribution in [0.2, 0.25) is 0 Å². The zero-order chi connectivity index (χ0) is 22.3. The molecule has 0 aliphatic carbocycles. The maximum absolute atomic E-state index is 12.3. The van der Waals surface area contributed by atoms with Gasteiger partial charge >= 0.3 is 0 Å². The zero-order valence-corrected chi connectivity index (χ0v) is 17.5. The highest BCUT2D eigenvalue weighted by atomic mass is 32.1. The van der Waals surface area contributed by atoms with Gasteiger partial charge in [-0.1, -0.05) is 36.4 Å². The number of hydrogen-bond donors (Lipinski definition) is 4. The molecule has 0 spiro atoms. The van der Waals surface area contributed by atoms with E-state index in [-0.39, 0.29) is 16.2 Å². The Morgan fingerprint density at radius 2 is 1.53 bits per heavy atom. The van der Waals surface area contributed by atoms with Crippen molar-refractivity contribution in [1.82, 2.24) is 15.0 Å². The molecule has 4 rings (SSSR count). The van der Waals surface area contributed by atoms with Crippen LogP contribution in [0, 0.1) is 16.7 Å². The number of hydrogen-bond acceptors (Lipinski definition) is 6. The van der Waals surface area contributed by atoms with Crippen molar-refractivity contribution in [1.29, 1.82) is 0 Å². The van der Waals surface area contributed by atoms with E-state index in [1.807, 2.05) is 60.7 Å². The Morgan fingerprint density at radius 3 is 2.22 bits per heavy atom. The third kappa shape index (κ3) is 4.80. The van der Waals surface area contributed by atoms with Crippen LogP contribution in [0.4, 0.5) is 5.69 Å². The highest BCUT2D eigenvalue weighted by Crippen LogP contribution is 2.24. The molecule has 0 radical (unpaired) electrons. The fourth-order valence-corrected chi connectivity index (χ4v) is 3.17. The lowest BCUT2D eigenvalue weighted by atomic mass is 10.2. The van der Waals surface area contributed by atoms with Crippen LogP contribution in [0.5, 0.6) is 17.4 Å². The third-order valence-electron chi connectivity index (χ3n) is 4.39. The first-order valence-electron chi connectivity index (χ1n) is 9.60. The van der Waals surface area contributed by atoms with E-state index in [9.17, 15) is 9.90 Å². The number of benzene rings is 3. The van der Waals surface area contributed by atoms with E-state index in [0.29, 0.717) is 17.2 Å². The van der Waals surface area contributed by atoms with Crippen LogP contribution in [0.3, 0.4) is 0 Å². The minimum atomic E-state index is -0.582. The Hall–Kier alpha value is -4.48. The number of H-pyrrole nitrogens is 1. The second-order valence-corrected chi connectivity index (χ2v) is 6.96. The number of aromatic nitrogens is 2. The Morgan fingerprint density at radius 1 is 0.906 bits per heavy atom. The minimum Gasteiger partial charge on any atom is -0.493 e. The van der Waals surface area contributed by atoms with Crippen molar-refractivity contribution in [2.45, 2.75) is 0 Å². The molecule has 158 valence electrons. The molecule has 0 aliphatic rings. The van der Waals surface area contributed by atoms with Gasteiger partial charge in [-0.2, -0.15) is 0 Å². The first-order valence-corrected chi connectivity index (χ1v) is 10.0. The van der Waals surface area contributed by atoms with Gasteiger partial charge in [-0.25, -0.2) is 0 Å². The Bertz CT molecular complexity index is 1390. The smallest absolute Gasteiger partial charge is 0.271 e. The lowest BCUT2D eigenvalue weighted by molar-refractivity contribution is 0.431. The van der Waals surface area contributed by atoms with Gasteiger partial charge in [-0.05, 0) is 66.7 Å². The summed E-state index contributed by atoms with van der Waals surface area (Å²) in [6, 6.07) is 28.2. The van der Waals surface area contributed by atoms with Gasteiger partial charge in [-0.3, -0.25) is 25.2 Å². The van der Waals surface area contributed by atoms with Gasteiger partial charge in [-0.15, -0.1) is 0 Å². The summed E-state index contributed by atoms with van der Waals surface area (Å²) in [5.41, 5.74) is 6.20. The zero-order valence-electron chi connectivity index (χ0n) is 16.7. The molecule has 0 bridgehead atoms. The number of anilines is 1. The highest BCUT2D eigenvalue weighted by molar-refractivity contribution is 7.71. The molecule has 32 heavy (non-hydrogen) atoms. The Labute approximate surface area is 188 Å². The molecule has 1 aromatic heterocycles. The summed E-state index contributed by atoms with van der Waals surface area (Å²) in [6.45, 7) is 0. The van der Waals surface area contributed by atoms with E-state index in [0.717, 1.165) is 5.69 Å². The number of nitrogens with zero attached hydrogens (tertiary/aromatic N) is 1. The molecule has 1 heterocycles. The van der Waals surface area contributed by atoms with Crippen LogP contribution in [-0.4, -0.2) is 14.7 Å². The molecule has 0 amide bonds. The fraction of sp³-hybridized carbons (Fsp3) is 0. The SMILES string of the molecule is O=c1[nH]c(=S)n(-c2ccc(Oc3ccccc3)cc2)c(O)c1C#CNNc1ccccc1. The summed E-state index contributed by atoms with van der Waals surface area (Å²) < 4.78 is 7.16. The first kappa shape index (κ1) is 20.8. The van der Waals surface area contributed by atoms with Crippen LogP contribution in [-0.2, 0) is 0 Å². The van der Waals surface area contributed by atoms with E-state index in [2.05, 4.69) is 27.8 Å². The quantitative estimate of drug-likeness (QED) is 0.159. The number of ether oxygens (including phenoxy) is 1. The topological polar surface area (TPSA) is 91.3 Å². The molecule has 7 nitrogen and oxygen atoms in total. The second kappa shape index (κ2) is 9.55. The van der Waals surface area contributed by atoms with E-state index in [1.54, 1.807) is 24.3 Å². The molecule has 0 aliphatic heterocycles. The predicted octanol–water partition coefficient (Wildman–Crippen LogP) is 4.32. The number of rotatable bonds is 5. The summed E-state index contributed by atoms with van der Waals surface area (Å²) in [7, 11) is 0. The van der Waals surface area contributed by atoms with Crippen molar-refractivity contribution in [2.75, 3.05) is 5.43 Å². The molecular formula is C24H18N4O3S. The number of aromatic hydroxyl groups is 1. The van der Waals surface area contributed by atoms with Crippen LogP contribution >= 0.6 is 12.2 Å². The molecule has 0 fully saturated rings. The van der Waals surface area contributed by atoms with Gasteiger partial charge < -0.3 is 9.84 Å². The normalized spacial score (nSPS) is 10.0. The summed E-state index contributed by atoms with van der Waals surface area (Å²) >= 11 is 5.25. The van der Waals surface area contributed by atoms with Crippen molar-refractivity contribution < 1.29 is 9.84 Å². The van der Waals surface area contributed by atoms with Crippen molar-refractivity contribution >= 4 is 17.9 Å². The molecule has 4 aromatic rings. The predicted molar refractivity (Wildman–Crippen MR) is 125 cm³/mol. The molecule has 0 saturated carbocycles. The molecule has 4 N–H and O–H groups in total. The lowest BCUT2D eigenvalue weighted by Gasteiger charge is -2.12. The van der Waals surface area contributed by atoms with E-state index < -0.39 is 5.56 Å². The van der Waals surface area contributed by atoms with Gasteiger partial charge in [0.15, 0.2) is 10.3 Å². The average molecular weight is 443 g/mol. The second-order valence-electron chi connectivity index (χ2n) is 6.57. The van der Waals surface area contributed by atoms with E-state index in [4.69, 9.17) is 17.0 Å². The summed E-state index contributed by atoms with van der Waals surface area (Å²) in [5, 5.41) is 10.7. The van der Waals surface area contributed by atoms with Crippen molar-refractivity contribution in [3.8, 4) is 35.0 Å². The van der Waals surface area contributed by atoms with Crippen molar-refractivity contribution in [2.24, 2.45) is 0 Å². The van der Waals surface area contributed by atoms with Crippen LogP contribution < -0.4 is 21.1 Å². The number of aromatic amines is 1. The van der Waals surface area contributed by atoms with Crippen LogP contribution in [0.15, 0.2) is 89.7 Å². The maximum Gasteiger partial charge on any atom is 0.271 e. The number of para-hydroxylation sites is 2. The minimum absolute atomic E-state index is 0.0464. The van der Waals surface area contributed by atoms with Gasteiger partial charge in [0.05, 0.1) is 11.4 Å². The summed E-state index contributed by atoms with van der Waals surface area (Å²) in [6.07, 6.45) is 0. The number of nitrogens with one attached hydrogen (secondary N) is 3. The van der Waals surface area contributed by atoms with E-state index >= 15 is 0 Å². The molecule has 0 saturated heterocycles. The third-order valence-corrected chi connectivity index (χ3v) is 4.68. The standard InChI is InChI=1S/C24H18N4O3S/c29-22-21(15-16-25-27-17-7-3-1-4-8-17)23(30)28(24(32)26-22)18-11-13-20(14-12-18)31-19-9-5-2-6-10-19/h1-14,25,27,30H,(H,26,29,32). The Kier molecular flexibility index (Phi) is 6.20. The summed E-state index contributed by atoms with van der Waals surface area (Å²) in [5.74, 6) is 3.59. The molecule has 0 unspecified atom stereocenters. The largest absolute Gasteiger partial charge is 0.493 e. The first-order chi connectivity index (χ1) is 15.6. The molecule has 0 atom stereocenters. The van der Waals surface area contributed by atoms with Gasteiger partial charge in [0, 0.05) is 6.04 Å². The highest BCUT2D eigenvalue weighted by Gasteiger charge is 2.12. The lowest BCUT2D eigenvalue weighted by Crippen LogP contribution is -2.18. The summed E-state index contributed by atoms with van der Waals surface area (Å²) in [4.78, 5) is 14.8. The van der Waals surface area contributed by atoms with Gasteiger partial charge in [0.2, 0.25) is 5.88 Å². The Balaban J connectivity index is 1.58. The monoisotopic (exact) mass is 442 g/mol. The molecular weight excluding hydrogens is 424 g/mol. The van der Waals surface area contributed by atoms with Gasteiger partial charge in [0.25, 0.3) is 5.56 Å². The van der Waals surface area contributed by atoms with Crippen LogP contribution in [0.25, 0.3) is 5.69 Å². The number of hydrazine groups is 1. The van der Waals surface area contributed by atoms with E-state index in [1.165, 1.54) is 4.57 Å². The van der Waals surface area contributed by atoms with Crippen LogP contribution in [0.1, 0.15) is 5.56 Å². The van der Waals surface area contributed by atoms with Crippen molar-refractivity contribution in [3.05, 3.63) is 106 Å². The van der Waals surface area contributed by atoms with Gasteiger partial charge in [0.1, 0.15) is 11.5 Å². The van der Waals surface area contributed by atoms with Crippen molar-refractivity contribution in [3.63, 3.8) is 0 Å². The molecule has 8 heteroatoms.